The summed E-state index contributed by atoms with van der Waals surface area (Å²) in [5.41, 5.74) is 1.02. The molecule has 0 radical (unpaired) electrons. The van der Waals surface area contributed by atoms with Crippen LogP contribution in [0.25, 0.3) is 17.3 Å². The highest BCUT2D eigenvalue weighted by atomic mass is 16.5. The lowest BCUT2D eigenvalue weighted by molar-refractivity contribution is 0.102. The van der Waals surface area contributed by atoms with Crippen molar-refractivity contribution in [3.63, 3.8) is 0 Å². The van der Waals surface area contributed by atoms with Crippen molar-refractivity contribution in [1.82, 2.24) is 29.9 Å². The van der Waals surface area contributed by atoms with E-state index in [0.717, 1.165) is 0 Å². The Bertz CT molecular complexity index is 1090. The van der Waals surface area contributed by atoms with Crippen molar-refractivity contribution in [3.05, 3.63) is 60.8 Å². The van der Waals surface area contributed by atoms with Gasteiger partial charge in [0.15, 0.2) is 0 Å². The summed E-state index contributed by atoms with van der Waals surface area (Å²) in [4.78, 5) is 16.7. The highest BCUT2D eigenvalue weighted by molar-refractivity contribution is 6.03. The normalized spacial score (nSPS) is 10.6. The lowest BCUT2D eigenvalue weighted by Gasteiger charge is -2.06. The molecule has 0 saturated carbocycles. The van der Waals surface area contributed by atoms with Gasteiger partial charge in [0.05, 0.1) is 12.2 Å². The van der Waals surface area contributed by atoms with E-state index in [1.54, 1.807) is 22.8 Å². The summed E-state index contributed by atoms with van der Waals surface area (Å²) in [6.45, 7) is 2.39. The topological polar surface area (TPSA) is 121 Å². The van der Waals surface area contributed by atoms with Crippen LogP contribution in [-0.2, 0) is 0 Å². The van der Waals surface area contributed by atoms with E-state index in [9.17, 15) is 4.79 Å². The first-order chi connectivity index (χ1) is 13.7. The van der Waals surface area contributed by atoms with Gasteiger partial charge in [0.1, 0.15) is 24.2 Å². The van der Waals surface area contributed by atoms with E-state index >= 15 is 0 Å². The van der Waals surface area contributed by atoms with Crippen LogP contribution in [0, 0.1) is 0 Å². The third kappa shape index (κ3) is 3.56. The van der Waals surface area contributed by atoms with Crippen molar-refractivity contribution in [3.8, 4) is 23.0 Å². The van der Waals surface area contributed by atoms with Gasteiger partial charge in [-0.15, -0.1) is 15.3 Å². The molecule has 1 amide bonds. The first kappa shape index (κ1) is 17.3. The van der Waals surface area contributed by atoms with Gasteiger partial charge < -0.3 is 9.15 Å². The molecule has 3 aromatic heterocycles. The van der Waals surface area contributed by atoms with Gasteiger partial charge in [0.25, 0.3) is 11.8 Å². The number of nitrogens with one attached hydrogen (secondary N) is 1. The number of carbonyl (C=O) groups is 1. The minimum Gasteiger partial charge on any atom is -0.493 e. The summed E-state index contributed by atoms with van der Waals surface area (Å²) >= 11 is 0. The van der Waals surface area contributed by atoms with Gasteiger partial charge in [-0.25, -0.2) is 4.98 Å². The molecule has 3 heterocycles. The molecule has 10 nitrogen and oxygen atoms in total. The smallest absolute Gasteiger partial charge is 0.322 e. The number of rotatable bonds is 6. The molecule has 4 rings (SSSR count). The Balaban J connectivity index is 1.53. The van der Waals surface area contributed by atoms with Crippen LogP contribution in [0.4, 0.5) is 6.01 Å². The fourth-order valence-electron chi connectivity index (χ4n) is 2.50. The largest absolute Gasteiger partial charge is 0.493 e. The first-order valence-corrected chi connectivity index (χ1v) is 8.42. The van der Waals surface area contributed by atoms with Gasteiger partial charge in [-0.3, -0.25) is 14.7 Å². The third-order valence-corrected chi connectivity index (χ3v) is 3.75. The second-order valence-corrected chi connectivity index (χ2v) is 5.57. The summed E-state index contributed by atoms with van der Waals surface area (Å²) in [7, 11) is 0. The first-order valence-electron chi connectivity index (χ1n) is 8.42. The minimum absolute atomic E-state index is 0.0195. The highest BCUT2D eigenvalue weighted by Gasteiger charge is 2.16. The maximum absolute atomic E-state index is 12.5. The van der Waals surface area contributed by atoms with E-state index < -0.39 is 5.91 Å². The predicted molar refractivity (Wildman–Crippen MR) is 98.0 cm³/mol. The van der Waals surface area contributed by atoms with Crippen molar-refractivity contribution in [1.29, 1.82) is 0 Å². The van der Waals surface area contributed by atoms with E-state index in [1.165, 1.54) is 18.9 Å². The van der Waals surface area contributed by atoms with Crippen LogP contribution < -0.4 is 10.1 Å². The molecular weight excluding hydrogens is 362 g/mol. The standard InChI is InChI=1S/C18H15N7O3/c1-2-27-14-6-4-3-5-13(14)17-23-24-18(28-17)22-16(26)12-7-8-19-15(9-12)25-10-20-21-11-25/h3-11H,2H2,1H3,(H,22,24,26). The van der Waals surface area contributed by atoms with Crippen LogP contribution in [0.15, 0.2) is 59.7 Å². The molecule has 1 aromatic carbocycles. The SMILES string of the molecule is CCOc1ccccc1-c1nnc(NC(=O)c2ccnc(-n3cnnc3)c2)o1. The van der Waals surface area contributed by atoms with Gasteiger partial charge >= 0.3 is 6.01 Å². The molecule has 28 heavy (non-hydrogen) atoms. The number of benzene rings is 1. The second-order valence-electron chi connectivity index (χ2n) is 5.57. The number of anilines is 1. The van der Waals surface area contributed by atoms with Crippen LogP contribution in [-0.4, -0.2) is 42.5 Å². The molecule has 140 valence electrons. The van der Waals surface area contributed by atoms with E-state index in [2.05, 4.69) is 30.7 Å². The Morgan fingerprint density at radius 2 is 2.00 bits per heavy atom. The Hall–Kier alpha value is -4.08. The fraction of sp³-hybridized carbons (Fsp3) is 0.111. The average molecular weight is 377 g/mol. The molecule has 0 unspecified atom stereocenters. The van der Waals surface area contributed by atoms with E-state index in [4.69, 9.17) is 9.15 Å². The molecule has 0 aliphatic rings. The molecule has 0 fully saturated rings. The number of nitrogens with zero attached hydrogens (tertiary/aromatic N) is 6. The molecular formula is C18H15N7O3. The summed E-state index contributed by atoms with van der Waals surface area (Å²) in [5.74, 6) is 0.970. The molecule has 0 spiro atoms. The number of aromatic nitrogens is 6. The van der Waals surface area contributed by atoms with Crippen molar-refractivity contribution >= 4 is 11.9 Å². The number of hydrogen-bond donors (Lipinski definition) is 1. The second kappa shape index (κ2) is 7.66. The number of para-hydroxylation sites is 1. The molecule has 10 heteroatoms. The van der Waals surface area contributed by atoms with Crippen LogP contribution in [0.5, 0.6) is 5.75 Å². The summed E-state index contributed by atoms with van der Waals surface area (Å²) < 4.78 is 12.7. The van der Waals surface area contributed by atoms with E-state index in [1.807, 2.05) is 25.1 Å². The zero-order valence-corrected chi connectivity index (χ0v) is 14.8. The number of pyridine rings is 1. The van der Waals surface area contributed by atoms with Crippen molar-refractivity contribution in [2.75, 3.05) is 11.9 Å². The van der Waals surface area contributed by atoms with Crippen LogP contribution in [0.1, 0.15) is 17.3 Å². The van der Waals surface area contributed by atoms with E-state index in [0.29, 0.717) is 29.3 Å². The quantitative estimate of drug-likeness (QED) is 0.543. The van der Waals surface area contributed by atoms with Gasteiger partial charge in [0.2, 0.25) is 0 Å². The highest BCUT2D eigenvalue weighted by Crippen LogP contribution is 2.29. The van der Waals surface area contributed by atoms with Crippen molar-refractivity contribution < 1.29 is 13.9 Å². The molecule has 0 bridgehead atoms. The molecule has 0 saturated heterocycles. The summed E-state index contributed by atoms with van der Waals surface area (Å²) in [5, 5.41) is 17.9. The Kier molecular flexibility index (Phi) is 4.74. The summed E-state index contributed by atoms with van der Waals surface area (Å²) in [6.07, 6.45) is 4.50. The summed E-state index contributed by atoms with van der Waals surface area (Å²) in [6, 6.07) is 10.5. The van der Waals surface area contributed by atoms with Crippen molar-refractivity contribution in [2.24, 2.45) is 0 Å². The molecule has 0 aliphatic heterocycles. The van der Waals surface area contributed by atoms with Crippen molar-refractivity contribution in [2.45, 2.75) is 6.92 Å². The fourth-order valence-corrected chi connectivity index (χ4v) is 2.50. The Morgan fingerprint density at radius 1 is 1.18 bits per heavy atom. The average Bonchev–Trinajstić information content (AvgIpc) is 3.41. The van der Waals surface area contributed by atoms with Crippen LogP contribution in [0.3, 0.4) is 0 Å². The van der Waals surface area contributed by atoms with E-state index in [-0.39, 0.29) is 11.9 Å². The number of ether oxygens (including phenoxy) is 1. The maximum atomic E-state index is 12.5. The van der Waals surface area contributed by atoms with Gasteiger partial charge in [-0.1, -0.05) is 17.2 Å². The molecule has 1 N–H and O–H groups in total. The van der Waals surface area contributed by atoms with Crippen LogP contribution >= 0.6 is 0 Å². The number of hydrogen-bond acceptors (Lipinski definition) is 8. The zero-order valence-electron chi connectivity index (χ0n) is 14.8. The Labute approximate surface area is 159 Å². The molecule has 0 atom stereocenters. The number of amides is 1. The lowest BCUT2D eigenvalue weighted by atomic mass is 10.2. The lowest BCUT2D eigenvalue weighted by Crippen LogP contribution is -2.13. The van der Waals surface area contributed by atoms with Gasteiger partial charge in [0, 0.05) is 11.8 Å². The maximum Gasteiger partial charge on any atom is 0.322 e. The molecule has 0 aliphatic carbocycles. The molecule has 4 aromatic rings. The third-order valence-electron chi connectivity index (χ3n) is 3.75. The minimum atomic E-state index is -0.412. The van der Waals surface area contributed by atoms with Gasteiger partial charge in [-0.2, -0.15) is 0 Å². The predicted octanol–water partition coefficient (Wildman–Crippen LogP) is 2.36. The zero-order chi connectivity index (χ0) is 19.3. The number of carbonyl (C=O) groups excluding carboxylic acids is 1. The Morgan fingerprint density at radius 3 is 2.82 bits per heavy atom. The van der Waals surface area contributed by atoms with Gasteiger partial charge in [-0.05, 0) is 31.2 Å². The monoisotopic (exact) mass is 377 g/mol. The van der Waals surface area contributed by atoms with Crippen LogP contribution in [0.2, 0.25) is 0 Å².